The summed E-state index contributed by atoms with van der Waals surface area (Å²) in [5, 5.41) is 3.49. The van der Waals surface area contributed by atoms with Gasteiger partial charge >= 0.3 is 0 Å². The molecule has 1 unspecified atom stereocenters. The van der Waals surface area contributed by atoms with Crippen LogP contribution in [0.1, 0.15) is 29.3 Å². The quantitative estimate of drug-likeness (QED) is 0.773. The Hall–Kier alpha value is -1.80. The van der Waals surface area contributed by atoms with Gasteiger partial charge in [-0.05, 0) is 31.0 Å². The van der Waals surface area contributed by atoms with Crippen molar-refractivity contribution in [3.63, 3.8) is 0 Å². The maximum atomic E-state index is 5.33. The van der Waals surface area contributed by atoms with Crippen molar-refractivity contribution >= 4 is 0 Å². The summed E-state index contributed by atoms with van der Waals surface area (Å²) in [5.41, 5.74) is 2.56. The first-order valence-corrected chi connectivity index (χ1v) is 6.23. The molecule has 1 atom stereocenters. The number of nitrogens with one attached hydrogen (secondary N) is 1. The lowest BCUT2D eigenvalue weighted by Crippen LogP contribution is -2.20. The second-order valence-corrected chi connectivity index (χ2v) is 4.45. The third-order valence-corrected chi connectivity index (χ3v) is 2.98. The maximum Gasteiger partial charge on any atom is 0.117 e. The highest BCUT2D eigenvalue weighted by atomic mass is 16.3. The van der Waals surface area contributed by atoms with Gasteiger partial charge in [-0.25, -0.2) is 0 Å². The fourth-order valence-corrected chi connectivity index (χ4v) is 1.94. The lowest BCUT2D eigenvalue weighted by Gasteiger charge is -2.17. The Morgan fingerprint density at radius 1 is 1.28 bits per heavy atom. The van der Waals surface area contributed by atoms with Crippen molar-refractivity contribution in [2.75, 3.05) is 0 Å². The van der Waals surface area contributed by atoms with Gasteiger partial charge in [-0.3, -0.25) is 0 Å². The Balaban J connectivity index is 2.03. The summed E-state index contributed by atoms with van der Waals surface area (Å²) in [6.07, 6.45) is 4.55. The van der Waals surface area contributed by atoms with Crippen molar-refractivity contribution in [2.24, 2.45) is 0 Å². The van der Waals surface area contributed by atoms with Crippen molar-refractivity contribution in [1.29, 1.82) is 0 Å². The first-order chi connectivity index (χ1) is 8.79. The number of furan rings is 1. The molecule has 0 radical (unpaired) electrons. The molecule has 0 amide bonds. The number of aryl methyl sites for hydroxylation is 1. The first kappa shape index (κ1) is 12.7. The predicted molar refractivity (Wildman–Crippen MR) is 74.3 cm³/mol. The van der Waals surface area contributed by atoms with Crippen LogP contribution in [0.15, 0.2) is 59.7 Å². The molecule has 0 spiro atoms. The summed E-state index contributed by atoms with van der Waals surface area (Å²) in [7, 11) is 0. The van der Waals surface area contributed by atoms with Crippen molar-refractivity contribution in [3.05, 3.63) is 72.2 Å². The standard InChI is InChI=1S/C16H19NO/c1-3-5-16(14-9-7-13(2)8-10-14)17-12-15-6-4-11-18-15/h3-4,6-11,16-17H,1,5,12H2,2H3. The van der Waals surface area contributed by atoms with Crippen LogP contribution in [0, 0.1) is 6.92 Å². The Labute approximate surface area is 108 Å². The van der Waals surface area contributed by atoms with Crippen molar-refractivity contribution in [2.45, 2.75) is 25.9 Å². The molecule has 0 aliphatic rings. The van der Waals surface area contributed by atoms with E-state index >= 15 is 0 Å². The van der Waals surface area contributed by atoms with Crippen LogP contribution in [0.3, 0.4) is 0 Å². The van der Waals surface area contributed by atoms with E-state index < -0.39 is 0 Å². The van der Waals surface area contributed by atoms with Crippen molar-refractivity contribution < 1.29 is 4.42 Å². The molecule has 0 bridgehead atoms. The molecule has 0 saturated heterocycles. The molecule has 0 saturated carbocycles. The summed E-state index contributed by atoms with van der Waals surface area (Å²) < 4.78 is 5.33. The molecule has 1 N–H and O–H groups in total. The molecule has 2 rings (SSSR count). The minimum absolute atomic E-state index is 0.285. The zero-order chi connectivity index (χ0) is 12.8. The predicted octanol–water partition coefficient (Wildman–Crippen LogP) is 4.00. The van der Waals surface area contributed by atoms with Gasteiger partial charge in [0.1, 0.15) is 5.76 Å². The summed E-state index contributed by atoms with van der Waals surface area (Å²) >= 11 is 0. The average Bonchev–Trinajstić information content (AvgIpc) is 2.89. The molecule has 0 fully saturated rings. The molecule has 1 aromatic heterocycles. The zero-order valence-corrected chi connectivity index (χ0v) is 10.7. The molecule has 1 heterocycles. The number of rotatable bonds is 6. The lowest BCUT2D eigenvalue weighted by atomic mass is 10.0. The van der Waals surface area contributed by atoms with Crippen LogP contribution in [0.25, 0.3) is 0 Å². The largest absolute Gasteiger partial charge is 0.468 e. The lowest BCUT2D eigenvalue weighted by molar-refractivity contribution is 0.450. The van der Waals surface area contributed by atoms with Gasteiger partial charge in [-0.2, -0.15) is 0 Å². The summed E-state index contributed by atoms with van der Waals surface area (Å²) in [6, 6.07) is 12.8. The monoisotopic (exact) mass is 241 g/mol. The van der Waals surface area contributed by atoms with E-state index in [0.29, 0.717) is 0 Å². The number of hydrogen-bond acceptors (Lipinski definition) is 2. The van der Waals surface area contributed by atoms with Crippen LogP contribution in [0.2, 0.25) is 0 Å². The second kappa shape index (κ2) is 6.22. The zero-order valence-electron chi connectivity index (χ0n) is 10.7. The van der Waals surface area contributed by atoms with Gasteiger partial charge in [-0.1, -0.05) is 35.9 Å². The third kappa shape index (κ3) is 3.34. The Morgan fingerprint density at radius 2 is 2.06 bits per heavy atom. The van der Waals surface area contributed by atoms with Crippen LogP contribution in [0.4, 0.5) is 0 Å². The van der Waals surface area contributed by atoms with Gasteiger partial charge in [0.05, 0.1) is 12.8 Å². The highest BCUT2D eigenvalue weighted by Crippen LogP contribution is 2.18. The maximum absolute atomic E-state index is 5.33. The van der Waals surface area contributed by atoms with E-state index in [1.54, 1.807) is 6.26 Å². The van der Waals surface area contributed by atoms with Crippen LogP contribution in [-0.4, -0.2) is 0 Å². The number of benzene rings is 1. The Morgan fingerprint density at radius 3 is 2.67 bits per heavy atom. The minimum atomic E-state index is 0.285. The normalized spacial score (nSPS) is 12.3. The smallest absolute Gasteiger partial charge is 0.117 e. The van der Waals surface area contributed by atoms with E-state index in [-0.39, 0.29) is 6.04 Å². The van der Waals surface area contributed by atoms with Gasteiger partial charge < -0.3 is 9.73 Å². The molecule has 0 aliphatic heterocycles. The van der Waals surface area contributed by atoms with Gasteiger partial charge in [0.25, 0.3) is 0 Å². The Kier molecular flexibility index (Phi) is 4.37. The average molecular weight is 241 g/mol. The highest BCUT2D eigenvalue weighted by Gasteiger charge is 2.09. The molecule has 2 heteroatoms. The third-order valence-electron chi connectivity index (χ3n) is 2.98. The molecule has 1 aromatic carbocycles. The van der Waals surface area contributed by atoms with E-state index in [2.05, 4.69) is 43.1 Å². The molecule has 2 aromatic rings. The SMILES string of the molecule is C=CCC(NCc1ccco1)c1ccc(C)cc1. The van der Waals surface area contributed by atoms with Crippen LogP contribution in [0.5, 0.6) is 0 Å². The Bertz CT molecular complexity index is 470. The van der Waals surface area contributed by atoms with E-state index in [1.807, 2.05) is 18.2 Å². The highest BCUT2D eigenvalue weighted by molar-refractivity contribution is 5.24. The van der Waals surface area contributed by atoms with Crippen molar-refractivity contribution in [1.82, 2.24) is 5.32 Å². The van der Waals surface area contributed by atoms with Gasteiger partial charge in [0.15, 0.2) is 0 Å². The second-order valence-electron chi connectivity index (χ2n) is 4.45. The fourth-order valence-electron chi connectivity index (χ4n) is 1.94. The molecule has 2 nitrogen and oxygen atoms in total. The molecule has 0 aliphatic carbocycles. The van der Waals surface area contributed by atoms with Gasteiger partial charge in [0.2, 0.25) is 0 Å². The van der Waals surface area contributed by atoms with Crippen LogP contribution >= 0.6 is 0 Å². The molecule has 18 heavy (non-hydrogen) atoms. The van der Waals surface area contributed by atoms with Crippen molar-refractivity contribution in [3.8, 4) is 0 Å². The first-order valence-electron chi connectivity index (χ1n) is 6.23. The molecular formula is C16H19NO. The van der Waals surface area contributed by atoms with Crippen LogP contribution < -0.4 is 5.32 Å². The van der Waals surface area contributed by atoms with Gasteiger partial charge in [-0.15, -0.1) is 6.58 Å². The summed E-state index contributed by atoms with van der Waals surface area (Å²) in [6.45, 7) is 6.66. The van der Waals surface area contributed by atoms with E-state index in [4.69, 9.17) is 4.42 Å². The van der Waals surface area contributed by atoms with Crippen LogP contribution in [-0.2, 0) is 6.54 Å². The fraction of sp³-hybridized carbons (Fsp3) is 0.250. The molecule has 94 valence electrons. The minimum Gasteiger partial charge on any atom is -0.468 e. The van der Waals surface area contributed by atoms with E-state index in [0.717, 1.165) is 18.7 Å². The topological polar surface area (TPSA) is 25.2 Å². The number of hydrogen-bond donors (Lipinski definition) is 1. The summed E-state index contributed by atoms with van der Waals surface area (Å²) in [4.78, 5) is 0. The van der Waals surface area contributed by atoms with E-state index in [1.165, 1.54) is 11.1 Å². The van der Waals surface area contributed by atoms with Gasteiger partial charge in [0, 0.05) is 6.04 Å². The molecular weight excluding hydrogens is 222 g/mol. The van der Waals surface area contributed by atoms with E-state index in [9.17, 15) is 0 Å². The summed E-state index contributed by atoms with van der Waals surface area (Å²) in [5.74, 6) is 0.955.